The number of aromatic nitrogens is 3. The van der Waals surface area contributed by atoms with Crippen molar-refractivity contribution in [2.45, 2.75) is 37.5 Å². The summed E-state index contributed by atoms with van der Waals surface area (Å²) in [7, 11) is -3.01. The summed E-state index contributed by atoms with van der Waals surface area (Å²) in [5.41, 5.74) is 5.11. The molecule has 33 heavy (non-hydrogen) atoms. The molecule has 0 aliphatic carbocycles. The number of nitrogens with one attached hydrogen (secondary N) is 1. The highest BCUT2D eigenvalue weighted by molar-refractivity contribution is 7.52. The Morgan fingerprint density at radius 2 is 2.00 bits per heavy atom. The molecule has 1 amide bonds. The number of para-hydroxylation sites is 1. The minimum absolute atomic E-state index is 0.192. The van der Waals surface area contributed by atoms with Crippen molar-refractivity contribution in [3.8, 4) is 5.75 Å². The Kier molecular flexibility index (Phi) is 7.79. The van der Waals surface area contributed by atoms with Crippen molar-refractivity contribution in [3.63, 3.8) is 0 Å². The molecule has 14 nitrogen and oxygen atoms in total. The number of carbonyl (C=O) groups is 2. The Labute approximate surface area is 188 Å². The van der Waals surface area contributed by atoms with E-state index in [0.717, 1.165) is 11.0 Å². The van der Waals surface area contributed by atoms with Crippen LogP contribution in [0.4, 0.5) is 0 Å². The fourth-order valence-electron chi connectivity index (χ4n) is 2.94. The largest absolute Gasteiger partial charge is 0.468 e. The van der Waals surface area contributed by atoms with E-state index >= 15 is 0 Å². The molecule has 2 aromatic rings. The first kappa shape index (κ1) is 24.8. The molecule has 1 aliphatic heterocycles. The van der Waals surface area contributed by atoms with Crippen LogP contribution in [0.3, 0.4) is 0 Å². The van der Waals surface area contributed by atoms with E-state index in [1.165, 1.54) is 26.2 Å². The van der Waals surface area contributed by atoms with Crippen molar-refractivity contribution in [2.75, 3.05) is 13.7 Å². The molecule has 2 heterocycles. The number of primary amides is 1. The summed E-state index contributed by atoms with van der Waals surface area (Å²) in [6.45, 7) is 0.898. The molecule has 1 aromatic carbocycles. The van der Waals surface area contributed by atoms with E-state index in [1.807, 2.05) is 0 Å². The first-order chi connectivity index (χ1) is 15.6. The van der Waals surface area contributed by atoms with Gasteiger partial charge in [-0.1, -0.05) is 18.2 Å². The van der Waals surface area contributed by atoms with Crippen LogP contribution in [0.5, 0.6) is 5.75 Å². The van der Waals surface area contributed by atoms with E-state index in [-0.39, 0.29) is 11.6 Å². The third kappa shape index (κ3) is 5.93. The number of methoxy groups -OCH3 is 1. The molecule has 1 aliphatic rings. The van der Waals surface area contributed by atoms with E-state index in [0.29, 0.717) is 0 Å². The van der Waals surface area contributed by atoms with Gasteiger partial charge in [0, 0.05) is 0 Å². The Bertz CT molecular complexity index is 1020. The number of aliphatic hydroxyl groups is 2. The van der Waals surface area contributed by atoms with Crippen molar-refractivity contribution in [1.82, 2.24) is 19.9 Å². The number of nitrogens with two attached hydrogens (primary N) is 1. The van der Waals surface area contributed by atoms with Crippen LogP contribution in [0.2, 0.25) is 0 Å². The summed E-state index contributed by atoms with van der Waals surface area (Å²) in [5, 5.41) is 27.0. The number of rotatable bonds is 10. The zero-order chi connectivity index (χ0) is 24.2. The molecular formula is C18H24N5O9P. The molecular weight excluding hydrogens is 461 g/mol. The predicted molar refractivity (Wildman–Crippen MR) is 110 cm³/mol. The molecule has 0 bridgehead atoms. The van der Waals surface area contributed by atoms with Crippen molar-refractivity contribution in [1.29, 1.82) is 0 Å². The molecule has 3 unspecified atom stereocenters. The van der Waals surface area contributed by atoms with E-state index in [1.54, 1.807) is 18.2 Å². The number of hydrogen-bond acceptors (Lipinski definition) is 11. The lowest BCUT2D eigenvalue weighted by molar-refractivity contribution is -0.142. The second-order valence-corrected chi connectivity index (χ2v) is 8.72. The number of amides is 1. The Morgan fingerprint density at radius 1 is 1.30 bits per heavy atom. The minimum atomic E-state index is -4.18. The number of benzene rings is 1. The lowest BCUT2D eigenvalue weighted by Gasteiger charge is -2.24. The fraction of sp³-hybridized carbons (Fsp3) is 0.444. The summed E-state index contributed by atoms with van der Waals surface area (Å²) in [6, 6.07) is 7.02. The lowest BCUT2D eigenvalue weighted by Crippen LogP contribution is -2.37. The zero-order valence-corrected chi connectivity index (χ0v) is 18.6. The third-order valence-corrected chi connectivity index (χ3v) is 6.25. The quantitative estimate of drug-likeness (QED) is 0.245. The highest BCUT2D eigenvalue weighted by atomic mass is 31.2. The van der Waals surface area contributed by atoms with Crippen molar-refractivity contribution >= 4 is 19.6 Å². The van der Waals surface area contributed by atoms with Gasteiger partial charge in [-0.25, -0.2) is 14.2 Å². The van der Waals surface area contributed by atoms with Crippen molar-refractivity contribution < 1.29 is 42.9 Å². The van der Waals surface area contributed by atoms with Crippen LogP contribution in [0.1, 0.15) is 23.8 Å². The SMILES string of the molecule is COC(=O)[C@H](C)NP(=O)(OC[C@H]1O[C@@H](n2cnc(C(N)=O)n2)C(O)C1O)Oc1ccccc1. The van der Waals surface area contributed by atoms with Crippen LogP contribution in [0.15, 0.2) is 36.7 Å². The predicted octanol–water partition coefficient (Wildman–Crippen LogP) is -0.649. The summed E-state index contributed by atoms with van der Waals surface area (Å²) in [4.78, 5) is 26.7. The van der Waals surface area contributed by atoms with E-state index in [4.69, 9.17) is 19.5 Å². The van der Waals surface area contributed by atoms with Crippen LogP contribution in [0.25, 0.3) is 0 Å². The van der Waals surface area contributed by atoms with Gasteiger partial charge in [0.05, 0.1) is 13.7 Å². The number of carbonyl (C=O) groups excluding carboxylic acids is 2. The van der Waals surface area contributed by atoms with Gasteiger partial charge in [0.1, 0.15) is 36.4 Å². The molecule has 0 radical (unpaired) electrons. The van der Waals surface area contributed by atoms with Crippen LogP contribution in [-0.4, -0.2) is 74.9 Å². The van der Waals surface area contributed by atoms with E-state index in [2.05, 4.69) is 19.9 Å². The average Bonchev–Trinajstić information content (AvgIpc) is 3.38. The Hall–Kier alpha value is -2.87. The maximum absolute atomic E-state index is 13.3. The third-order valence-electron chi connectivity index (χ3n) is 4.61. The standard InChI is InChI=1S/C18H24N5O9P/c1-10(18(27)29-2)22-33(28,32-11-6-4-3-5-7-11)30-8-12-13(24)14(25)17(31-12)23-9-20-16(21-23)15(19)26/h3-7,9-10,12-14,17,24-25H,8H2,1-2H3,(H2,19,26)(H,22,28)/t10-,12+,13?,14?,17+,33?/m0/s1. The first-order valence-corrected chi connectivity index (χ1v) is 11.2. The zero-order valence-electron chi connectivity index (χ0n) is 17.7. The Morgan fingerprint density at radius 3 is 2.61 bits per heavy atom. The molecule has 0 spiro atoms. The number of esters is 1. The molecule has 1 aromatic heterocycles. The Balaban J connectivity index is 1.72. The van der Waals surface area contributed by atoms with Gasteiger partial charge in [0.2, 0.25) is 5.82 Å². The highest BCUT2D eigenvalue weighted by Gasteiger charge is 2.46. The van der Waals surface area contributed by atoms with Gasteiger partial charge in [-0.3, -0.25) is 14.1 Å². The molecule has 15 heteroatoms. The molecule has 6 atom stereocenters. The van der Waals surface area contributed by atoms with E-state index < -0.39 is 56.8 Å². The number of aliphatic hydroxyl groups excluding tert-OH is 2. The molecule has 180 valence electrons. The summed E-state index contributed by atoms with van der Waals surface area (Å²) >= 11 is 0. The second-order valence-electron chi connectivity index (χ2n) is 7.03. The van der Waals surface area contributed by atoms with Gasteiger partial charge in [-0.05, 0) is 19.1 Å². The molecule has 3 rings (SSSR count). The first-order valence-electron chi connectivity index (χ1n) is 9.71. The number of hydrogen-bond donors (Lipinski definition) is 4. The molecule has 5 N–H and O–H groups in total. The normalized spacial score (nSPS) is 25.2. The monoisotopic (exact) mass is 485 g/mol. The summed E-state index contributed by atoms with van der Waals surface area (Å²) in [6.07, 6.45) is -4.23. The van der Waals surface area contributed by atoms with Gasteiger partial charge in [0.25, 0.3) is 5.91 Å². The summed E-state index contributed by atoms with van der Waals surface area (Å²) < 4.78 is 35.5. The topological polar surface area (TPSA) is 197 Å². The van der Waals surface area contributed by atoms with Crippen LogP contribution >= 0.6 is 7.75 Å². The smallest absolute Gasteiger partial charge is 0.459 e. The van der Waals surface area contributed by atoms with Crippen LogP contribution < -0.4 is 15.3 Å². The van der Waals surface area contributed by atoms with Crippen molar-refractivity contribution in [3.05, 3.63) is 42.5 Å². The molecule has 0 saturated carbocycles. The average molecular weight is 485 g/mol. The van der Waals surface area contributed by atoms with Gasteiger partial charge in [-0.15, -0.1) is 5.10 Å². The maximum Gasteiger partial charge on any atom is 0.459 e. The minimum Gasteiger partial charge on any atom is -0.468 e. The lowest BCUT2D eigenvalue weighted by atomic mass is 10.1. The number of nitrogens with zero attached hydrogens (tertiary/aromatic N) is 3. The second kappa shape index (κ2) is 10.4. The maximum atomic E-state index is 13.3. The molecule has 1 saturated heterocycles. The van der Waals surface area contributed by atoms with E-state index in [9.17, 15) is 24.4 Å². The van der Waals surface area contributed by atoms with Gasteiger partial charge >= 0.3 is 13.7 Å². The molecule has 1 fully saturated rings. The van der Waals surface area contributed by atoms with Crippen molar-refractivity contribution in [2.24, 2.45) is 5.73 Å². The van der Waals surface area contributed by atoms with Crippen LogP contribution in [-0.2, 0) is 23.4 Å². The van der Waals surface area contributed by atoms with Gasteiger partial charge < -0.3 is 29.9 Å². The van der Waals surface area contributed by atoms with Gasteiger partial charge in [0.15, 0.2) is 6.23 Å². The highest BCUT2D eigenvalue weighted by Crippen LogP contribution is 2.45. The fourth-order valence-corrected chi connectivity index (χ4v) is 4.45. The van der Waals surface area contributed by atoms with Gasteiger partial charge in [-0.2, -0.15) is 5.09 Å². The van der Waals surface area contributed by atoms with Crippen LogP contribution in [0, 0.1) is 0 Å². The summed E-state index contributed by atoms with van der Waals surface area (Å²) in [5.74, 6) is -1.70. The number of ether oxygens (including phenoxy) is 2.